The number of hydrogen-bond donors (Lipinski definition) is 2. The van der Waals surface area contributed by atoms with Crippen LogP contribution in [0.25, 0.3) is 0 Å². The Morgan fingerprint density at radius 3 is 2.59 bits per heavy atom. The molecule has 0 spiro atoms. The Kier molecular flexibility index (Phi) is 10.2. The van der Waals surface area contributed by atoms with Crippen LogP contribution < -0.4 is 4.74 Å². The molecule has 4 rings (SSSR count). The molecule has 0 aromatic heterocycles. The van der Waals surface area contributed by atoms with Gasteiger partial charge in [-0.3, -0.25) is 14.6 Å². The van der Waals surface area contributed by atoms with E-state index in [1.165, 1.54) is 20.1 Å². The summed E-state index contributed by atoms with van der Waals surface area (Å²) in [5.74, 6) is 1.03. The van der Waals surface area contributed by atoms with Gasteiger partial charge in [0.1, 0.15) is 11.9 Å². The number of ketones is 1. The van der Waals surface area contributed by atoms with Crippen LogP contribution in [0.1, 0.15) is 44.6 Å². The second-order valence-electron chi connectivity index (χ2n) is 10.4. The van der Waals surface area contributed by atoms with E-state index in [-0.39, 0.29) is 65.5 Å². The van der Waals surface area contributed by atoms with Gasteiger partial charge in [0.05, 0.1) is 13.7 Å². The van der Waals surface area contributed by atoms with Crippen LogP contribution in [0.2, 0.25) is 0 Å². The molecule has 1 aromatic carbocycles. The molecule has 2 heterocycles. The number of aliphatic imine (C=N–C) groups is 1. The molecule has 0 unspecified atom stereocenters. The third-order valence-corrected chi connectivity index (χ3v) is 10.3. The van der Waals surface area contributed by atoms with Gasteiger partial charge in [-0.25, -0.2) is 0 Å². The second kappa shape index (κ2) is 13.6. The van der Waals surface area contributed by atoms with E-state index in [1.54, 1.807) is 27.7 Å². The molecule has 9 heteroatoms. The highest BCUT2D eigenvalue weighted by atomic mass is 33.1. The molecule has 1 fully saturated rings. The number of aromatic hydroxyl groups is 2. The molecule has 6 atom stereocenters. The van der Waals surface area contributed by atoms with E-state index in [4.69, 9.17) is 9.47 Å². The standard InChI is InChI=1S/C30H37NO6S2/c1-18-6-4-5-7-20(18)11-25-26(21-8-9-31-15-21)17-39-38-16-23(10-24(33)14-28(25)37-19(2)32)22-12-27(34)30(35)29(13-22)36-3/h4-8,12-13,15,18,20,23,25-26,28,34-35H,9-11,14,16-17H2,1-3H3/t18-,20+,23+,25-,26-,28-/m0/s1. The number of hydrogen-bond acceptors (Lipinski definition) is 9. The van der Waals surface area contributed by atoms with E-state index in [9.17, 15) is 19.8 Å². The number of phenolic OH excluding ortho intramolecular Hbond substituents is 2. The minimum Gasteiger partial charge on any atom is -0.504 e. The van der Waals surface area contributed by atoms with Gasteiger partial charge in [-0.2, -0.15) is 0 Å². The first-order chi connectivity index (χ1) is 18.8. The average Bonchev–Trinajstić information content (AvgIpc) is 3.42. The normalized spacial score (nSPS) is 29.5. The summed E-state index contributed by atoms with van der Waals surface area (Å²) in [4.78, 5) is 30.4. The zero-order valence-corrected chi connectivity index (χ0v) is 24.2. The van der Waals surface area contributed by atoms with E-state index >= 15 is 0 Å². The minimum atomic E-state index is -0.562. The predicted molar refractivity (Wildman–Crippen MR) is 158 cm³/mol. The largest absolute Gasteiger partial charge is 0.504 e. The van der Waals surface area contributed by atoms with Crippen molar-refractivity contribution in [3.05, 3.63) is 53.6 Å². The number of allylic oxidation sites excluding steroid dienone is 5. The van der Waals surface area contributed by atoms with Crippen LogP contribution in [-0.2, 0) is 14.3 Å². The van der Waals surface area contributed by atoms with Crippen LogP contribution in [0.5, 0.6) is 17.2 Å². The molecular weight excluding hydrogens is 534 g/mol. The molecule has 1 aromatic rings. The van der Waals surface area contributed by atoms with Crippen molar-refractivity contribution in [2.75, 3.05) is 25.2 Å². The van der Waals surface area contributed by atoms with Crippen molar-refractivity contribution in [1.82, 2.24) is 0 Å². The van der Waals surface area contributed by atoms with E-state index in [1.807, 2.05) is 6.21 Å². The molecule has 39 heavy (non-hydrogen) atoms. The van der Waals surface area contributed by atoms with Gasteiger partial charge in [-0.1, -0.05) is 58.9 Å². The van der Waals surface area contributed by atoms with Crippen molar-refractivity contribution in [3.8, 4) is 17.2 Å². The summed E-state index contributed by atoms with van der Waals surface area (Å²) in [6, 6.07) is 3.18. The van der Waals surface area contributed by atoms with Gasteiger partial charge in [-0.05, 0) is 41.5 Å². The fourth-order valence-corrected chi connectivity index (χ4v) is 8.40. The number of esters is 1. The summed E-state index contributed by atoms with van der Waals surface area (Å²) in [7, 11) is 4.86. The predicted octanol–water partition coefficient (Wildman–Crippen LogP) is 5.88. The molecular formula is C30H37NO6S2. The quantitative estimate of drug-likeness (QED) is 0.248. The number of benzene rings is 1. The molecule has 210 valence electrons. The summed E-state index contributed by atoms with van der Waals surface area (Å²) in [6.45, 7) is 4.25. The van der Waals surface area contributed by atoms with Crippen molar-refractivity contribution in [2.24, 2.45) is 28.7 Å². The molecule has 1 saturated heterocycles. The van der Waals surface area contributed by atoms with Crippen molar-refractivity contribution in [3.63, 3.8) is 0 Å². The lowest BCUT2D eigenvalue weighted by Gasteiger charge is -2.36. The molecule has 2 aliphatic heterocycles. The number of carbonyl (C=O) groups excluding carboxylic acids is 2. The summed E-state index contributed by atoms with van der Waals surface area (Å²) < 4.78 is 11.2. The third kappa shape index (κ3) is 7.51. The van der Waals surface area contributed by atoms with E-state index in [2.05, 4.69) is 42.3 Å². The van der Waals surface area contributed by atoms with Gasteiger partial charge in [0.15, 0.2) is 11.5 Å². The molecule has 0 bridgehead atoms. The van der Waals surface area contributed by atoms with Crippen molar-refractivity contribution < 1.29 is 29.3 Å². The van der Waals surface area contributed by atoms with Crippen molar-refractivity contribution >= 4 is 39.6 Å². The number of carbonyl (C=O) groups is 2. The van der Waals surface area contributed by atoms with Crippen LogP contribution >= 0.6 is 21.6 Å². The Morgan fingerprint density at radius 1 is 1.13 bits per heavy atom. The number of phenols is 2. The Balaban J connectivity index is 1.67. The Bertz CT molecular complexity index is 1180. The van der Waals surface area contributed by atoms with Crippen LogP contribution in [0.4, 0.5) is 0 Å². The lowest BCUT2D eigenvalue weighted by atomic mass is 9.73. The van der Waals surface area contributed by atoms with Crippen LogP contribution in [0.15, 0.2) is 53.1 Å². The first kappa shape index (κ1) is 29.3. The maximum Gasteiger partial charge on any atom is 0.302 e. The van der Waals surface area contributed by atoms with Crippen LogP contribution in [0, 0.1) is 23.7 Å². The number of Topliss-reactive ketones (excluding diaryl/α,β-unsaturated/α-hetero) is 1. The van der Waals surface area contributed by atoms with E-state index in [0.29, 0.717) is 18.2 Å². The first-order valence-corrected chi connectivity index (χ1v) is 15.8. The molecule has 0 amide bonds. The average molecular weight is 572 g/mol. The van der Waals surface area contributed by atoms with Crippen molar-refractivity contribution in [1.29, 1.82) is 0 Å². The van der Waals surface area contributed by atoms with Crippen LogP contribution in [0.3, 0.4) is 0 Å². The number of nitrogens with zero attached hydrogens (tertiary/aromatic N) is 1. The lowest BCUT2D eigenvalue weighted by Crippen LogP contribution is -2.37. The maximum absolute atomic E-state index is 13.6. The zero-order chi connectivity index (χ0) is 27.9. The van der Waals surface area contributed by atoms with E-state index in [0.717, 1.165) is 23.3 Å². The van der Waals surface area contributed by atoms with Gasteiger partial charge in [0, 0.05) is 55.2 Å². The monoisotopic (exact) mass is 571 g/mol. The summed E-state index contributed by atoms with van der Waals surface area (Å²) in [6.07, 6.45) is 13.2. The highest BCUT2D eigenvalue weighted by molar-refractivity contribution is 8.76. The van der Waals surface area contributed by atoms with E-state index < -0.39 is 6.10 Å². The van der Waals surface area contributed by atoms with Gasteiger partial charge in [-0.15, -0.1) is 0 Å². The third-order valence-electron chi connectivity index (χ3n) is 7.79. The molecule has 7 nitrogen and oxygen atoms in total. The van der Waals surface area contributed by atoms with Gasteiger partial charge in [0.2, 0.25) is 5.75 Å². The fraction of sp³-hybridized carbons (Fsp3) is 0.500. The highest BCUT2D eigenvalue weighted by Gasteiger charge is 2.38. The van der Waals surface area contributed by atoms with Gasteiger partial charge >= 0.3 is 5.97 Å². The highest BCUT2D eigenvalue weighted by Crippen LogP contribution is 2.44. The summed E-state index contributed by atoms with van der Waals surface area (Å²) in [5, 5.41) is 20.4. The Hall–Kier alpha value is -2.65. The zero-order valence-electron chi connectivity index (χ0n) is 22.6. The molecule has 1 aliphatic carbocycles. The number of rotatable bonds is 6. The molecule has 2 N–H and O–H groups in total. The van der Waals surface area contributed by atoms with Crippen LogP contribution in [-0.4, -0.2) is 59.4 Å². The molecule has 3 aliphatic rings. The molecule has 0 saturated carbocycles. The first-order valence-electron chi connectivity index (χ1n) is 13.3. The Labute approximate surface area is 238 Å². The van der Waals surface area contributed by atoms with Crippen molar-refractivity contribution in [2.45, 2.75) is 45.1 Å². The molecule has 0 radical (unpaired) electrons. The number of methoxy groups -OCH3 is 1. The smallest absolute Gasteiger partial charge is 0.302 e. The maximum atomic E-state index is 13.6. The SMILES string of the molecule is COc1cc([C@H]2CSSC[C@@H](C3=CCN=C3)[C@H](C[C@H]3C=CC=C[C@@H]3C)[C@@H](OC(C)=O)CC(=O)C2)cc(O)c1O. The minimum absolute atomic E-state index is 0.00442. The van der Waals surface area contributed by atoms with Gasteiger partial charge in [0.25, 0.3) is 0 Å². The number of ether oxygens (including phenoxy) is 2. The second-order valence-corrected chi connectivity index (χ2v) is 13.0. The summed E-state index contributed by atoms with van der Waals surface area (Å²) >= 11 is 0. The summed E-state index contributed by atoms with van der Waals surface area (Å²) in [5.41, 5.74) is 1.86. The van der Waals surface area contributed by atoms with Gasteiger partial charge < -0.3 is 19.7 Å². The lowest BCUT2D eigenvalue weighted by molar-refractivity contribution is -0.151. The Morgan fingerprint density at radius 2 is 1.90 bits per heavy atom. The fourth-order valence-electron chi connectivity index (χ4n) is 5.64. The topological polar surface area (TPSA) is 105 Å².